The van der Waals surface area contributed by atoms with Gasteiger partial charge >= 0.3 is 5.69 Å². The lowest BCUT2D eigenvalue weighted by Gasteiger charge is -2.27. The van der Waals surface area contributed by atoms with Gasteiger partial charge in [0.05, 0.1) is 4.92 Å². The van der Waals surface area contributed by atoms with Gasteiger partial charge in [0.25, 0.3) is 0 Å². The van der Waals surface area contributed by atoms with Crippen molar-refractivity contribution < 1.29 is 4.92 Å². The Hall–Kier alpha value is -1.78. The van der Waals surface area contributed by atoms with Crippen LogP contribution in [0.25, 0.3) is 0 Å². The maximum Gasteiger partial charge on any atom is 0.315 e. The van der Waals surface area contributed by atoms with E-state index in [1.54, 1.807) is 19.2 Å². The number of hydrogen-bond donors (Lipinski definition) is 2. The van der Waals surface area contributed by atoms with E-state index in [-0.39, 0.29) is 16.0 Å². The first kappa shape index (κ1) is 15.3. The minimum Gasteiger partial charge on any atom is -0.382 e. The summed E-state index contributed by atoms with van der Waals surface area (Å²) in [5.74, 6) is 0.408. The molecule has 0 aliphatic carbocycles. The molecular weight excluding hydrogens is 242 g/mol. The van der Waals surface area contributed by atoms with Crippen LogP contribution in [-0.2, 0) is 0 Å². The Balaban J connectivity index is 2.93. The number of nitro groups is 1. The van der Waals surface area contributed by atoms with Crippen LogP contribution in [-0.4, -0.2) is 18.5 Å². The lowest BCUT2D eigenvalue weighted by Crippen LogP contribution is -2.25. The molecule has 19 heavy (non-hydrogen) atoms. The predicted molar refractivity (Wildman–Crippen MR) is 79.8 cm³/mol. The summed E-state index contributed by atoms with van der Waals surface area (Å²) in [4.78, 5) is 10.8. The van der Waals surface area contributed by atoms with Gasteiger partial charge in [-0.2, -0.15) is 0 Å². The van der Waals surface area contributed by atoms with E-state index in [1.807, 2.05) is 6.07 Å². The van der Waals surface area contributed by atoms with Crippen molar-refractivity contribution in [2.75, 3.05) is 24.2 Å². The fourth-order valence-electron chi connectivity index (χ4n) is 1.65. The van der Waals surface area contributed by atoms with Gasteiger partial charge in [-0.15, -0.1) is 0 Å². The van der Waals surface area contributed by atoms with Crippen LogP contribution in [0.2, 0.25) is 0 Å². The Morgan fingerprint density at radius 3 is 2.37 bits per heavy atom. The summed E-state index contributed by atoms with van der Waals surface area (Å²) in [5.41, 5.74) is 1.36. The molecule has 1 unspecified atom stereocenters. The number of hydrogen-bond acceptors (Lipinski definition) is 4. The number of rotatable bonds is 5. The molecule has 0 radical (unpaired) electrons. The second-order valence-corrected chi connectivity index (χ2v) is 5.86. The standard InChI is InChI=1S/C14H23N3O2/c1-10(14(2,3)4)9-16-12-8-6-7-11(15-5)13(12)17(18)19/h6-8,10,15-16H,9H2,1-5H3. The van der Waals surface area contributed by atoms with Gasteiger partial charge in [-0.25, -0.2) is 0 Å². The maximum absolute atomic E-state index is 11.2. The molecule has 0 heterocycles. The minimum absolute atomic E-state index is 0.103. The summed E-state index contributed by atoms with van der Waals surface area (Å²) in [7, 11) is 1.68. The second-order valence-electron chi connectivity index (χ2n) is 5.86. The highest BCUT2D eigenvalue weighted by atomic mass is 16.6. The molecule has 5 heteroatoms. The molecule has 1 aromatic rings. The lowest BCUT2D eigenvalue weighted by atomic mass is 9.82. The zero-order valence-electron chi connectivity index (χ0n) is 12.3. The summed E-state index contributed by atoms with van der Waals surface area (Å²) < 4.78 is 0. The van der Waals surface area contributed by atoms with E-state index in [4.69, 9.17) is 0 Å². The van der Waals surface area contributed by atoms with Crippen molar-refractivity contribution in [3.8, 4) is 0 Å². The SMILES string of the molecule is CNc1cccc(NCC(C)C(C)(C)C)c1[N+](=O)[O-]. The highest BCUT2D eigenvalue weighted by Crippen LogP contribution is 2.33. The van der Waals surface area contributed by atoms with Gasteiger partial charge in [-0.1, -0.05) is 33.8 Å². The van der Waals surface area contributed by atoms with Crippen LogP contribution in [0.5, 0.6) is 0 Å². The van der Waals surface area contributed by atoms with Crippen molar-refractivity contribution in [2.24, 2.45) is 11.3 Å². The summed E-state index contributed by atoms with van der Waals surface area (Å²) in [6.07, 6.45) is 0. The van der Waals surface area contributed by atoms with E-state index in [0.717, 1.165) is 0 Å². The van der Waals surface area contributed by atoms with E-state index in [9.17, 15) is 10.1 Å². The third-order valence-electron chi connectivity index (χ3n) is 3.57. The van der Waals surface area contributed by atoms with Crippen molar-refractivity contribution >= 4 is 17.1 Å². The van der Waals surface area contributed by atoms with Crippen LogP contribution in [0.3, 0.4) is 0 Å². The third kappa shape index (κ3) is 3.84. The van der Waals surface area contributed by atoms with Crippen molar-refractivity contribution in [3.63, 3.8) is 0 Å². The molecule has 106 valence electrons. The number of nitrogens with one attached hydrogen (secondary N) is 2. The number of nitro benzene ring substituents is 1. The summed E-state index contributed by atoms with van der Waals surface area (Å²) >= 11 is 0. The van der Waals surface area contributed by atoms with Crippen LogP contribution in [0.1, 0.15) is 27.7 Å². The second kappa shape index (κ2) is 5.91. The predicted octanol–water partition coefficient (Wildman–Crippen LogP) is 3.73. The Morgan fingerprint density at radius 2 is 1.89 bits per heavy atom. The van der Waals surface area contributed by atoms with Crippen LogP contribution < -0.4 is 10.6 Å². The number of benzene rings is 1. The summed E-state index contributed by atoms with van der Waals surface area (Å²) in [5, 5.41) is 17.2. The molecule has 0 spiro atoms. The lowest BCUT2D eigenvalue weighted by molar-refractivity contribution is -0.383. The molecule has 0 fully saturated rings. The number of nitrogens with zero attached hydrogens (tertiary/aromatic N) is 1. The zero-order valence-corrected chi connectivity index (χ0v) is 12.3. The molecule has 0 aromatic heterocycles. The average Bonchev–Trinajstić information content (AvgIpc) is 2.33. The quantitative estimate of drug-likeness (QED) is 0.628. The molecule has 0 amide bonds. The van der Waals surface area contributed by atoms with E-state index >= 15 is 0 Å². The van der Waals surface area contributed by atoms with Crippen molar-refractivity contribution in [1.82, 2.24) is 0 Å². The normalized spacial score (nSPS) is 12.9. The largest absolute Gasteiger partial charge is 0.382 e. The molecule has 0 saturated heterocycles. The first-order chi connectivity index (χ1) is 8.77. The van der Waals surface area contributed by atoms with Gasteiger partial charge < -0.3 is 10.6 Å². The topological polar surface area (TPSA) is 67.2 Å². The Morgan fingerprint density at radius 1 is 1.32 bits per heavy atom. The number of para-hydroxylation sites is 1. The first-order valence-electron chi connectivity index (χ1n) is 6.46. The highest BCUT2D eigenvalue weighted by molar-refractivity contribution is 5.75. The van der Waals surface area contributed by atoms with Crippen molar-refractivity contribution in [3.05, 3.63) is 28.3 Å². The van der Waals surface area contributed by atoms with Crippen molar-refractivity contribution in [1.29, 1.82) is 0 Å². The van der Waals surface area contributed by atoms with Crippen LogP contribution in [0.15, 0.2) is 18.2 Å². The fraction of sp³-hybridized carbons (Fsp3) is 0.571. The number of anilines is 2. The Bertz CT molecular complexity index is 452. The van der Waals surface area contributed by atoms with E-state index in [0.29, 0.717) is 23.8 Å². The Labute approximate surface area is 114 Å². The van der Waals surface area contributed by atoms with Crippen molar-refractivity contribution in [2.45, 2.75) is 27.7 Å². The molecule has 0 bridgehead atoms. The van der Waals surface area contributed by atoms with Crippen LogP contribution in [0, 0.1) is 21.4 Å². The minimum atomic E-state index is -0.351. The van der Waals surface area contributed by atoms with Crippen LogP contribution >= 0.6 is 0 Å². The monoisotopic (exact) mass is 265 g/mol. The van der Waals surface area contributed by atoms with Crippen LogP contribution in [0.4, 0.5) is 17.1 Å². The summed E-state index contributed by atoms with van der Waals surface area (Å²) in [6, 6.07) is 5.26. The van der Waals surface area contributed by atoms with Gasteiger partial charge in [0.15, 0.2) is 0 Å². The molecule has 2 N–H and O–H groups in total. The highest BCUT2D eigenvalue weighted by Gasteiger charge is 2.22. The molecule has 1 atom stereocenters. The van der Waals surface area contributed by atoms with Gasteiger partial charge in [0.2, 0.25) is 0 Å². The average molecular weight is 265 g/mol. The molecule has 0 aliphatic rings. The van der Waals surface area contributed by atoms with E-state index in [2.05, 4.69) is 38.3 Å². The summed E-state index contributed by atoms with van der Waals surface area (Å²) in [6.45, 7) is 9.34. The molecule has 0 aliphatic heterocycles. The zero-order chi connectivity index (χ0) is 14.6. The molecular formula is C14H23N3O2. The molecule has 0 saturated carbocycles. The third-order valence-corrected chi connectivity index (χ3v) is 3.57. The van der Waals surface area contributed by atoms with Gasteiger partial charge in [0.1, 0.15) is 11.4 Å². The molecule has 1 rings (SSSR count). The van der Waals surface area contributed by atoms with Gasteiger partial charge in [-0.3, -0.25) is 10.1 Å². The van der Waals surface area contributed by atoms with Gasteiger partial charge in [0, 0.05) is 13.6 Å². The first-order valence-corrected chi connectivity index (χ1v) is 6.46. The smallest absolute Gasteiger partial charge is 0.315 e. The van der Waals surface area contributed by atoms with E-state index in [1.165, 1.54) is 0 Å². The fourth-order valence-corrected chi connectivity index (χ4v) is 1.65. The van der Waals surface area contributed by atoms with E-state index < -0.39 is 0 Å². The molecule has 1 aromatic carbocycles. The maximum atomic E-state index is 11.2. The molecule has 5 nitrogen and oxygen atoms in total. The van der Waals surface area contributed by atoms with Gasteiger partial charge in [-0.05, 0) is 23.5 Å². The Kier molecular flexibility index (Phi) is 4.75.